The molecule has 6 heteroatoms. The fourth-order valence-electron chi connectivity index (χ4n) is 1.82. The van der Waals surface area contributed by atoms with Crippen LogP contribution in [0.5, 0.6) is 0 Å². The highest BCUT2D eigenvalue weighted by Gasteiger charge is 2.36. The molecule has 1 aliphatic heterocycles. The Morgan fingerprint density at radius 3 is 2.60 bits per heavy atom. The van der Waals surface area contributed by atoms with Crippen LogP contribution in [0.15, 0.2) is 0 Å². The predicted molar refractivity (Wildman–Crippen MR) is 56.0 cm³/mol. The lowest BCUT2D eigenvalue weighted by atomic mass is 10.2. The van der Waals surface area contributed by atoms with Gasteiger partial charge in [-0.2, -0.15) is 4.31 Å². The Morgan fingerprint density at radius 1 is 1.53 bits per heavy atom. The summed E-state index contributed by atoms with van der Waals surface area (Å²) in [6, 6.07) is -0.352. The molecule has 1 N–H and O–H groups in total. The summed E-state index contributed by atoms with van der Waals surface area (Å²) in [4.78, 5) is 10.6. The highest BCUT2D eigenvalue weighted by molar-refractivity contribution is 7.89. The lowest BCUT2D eigenvalue weighted by Gasteiger charge is -2.24. The second-order valence-electron chi connectivity index (χ2n) is 4.10. The third-order valence-corrected chi connectivity index (χ3v) is 4.98. The van der Waals surface area contributed by atoms with E-state index in [4.69, 9.17) is 5.11 Å². The molecule has 88 valence electrons. The van der Waals surface area contributed by atoms with Crippen LogP contribution in [0.2, 0.25) is 0 Å². The number of carboxylic acid groups (broad SMARTS) is 1. The molecular formula is C9H17NO4S. The van der Waals surface area contributed by atoms with E-state index in [1.54, 1.807) is 13.8 Å². The van der Waals surface area contributed by atoms with Crippen molar-refractivity contribution < 1.29 is 18.3 Å². The van der Waals surface area contributed by atoms with Crippen LogP contribution < -0.4 is 0 Å². The van der Waals surface area contributed by atoms with E-state index >= 15 is 0 Å². The minimum absolute atomic E-state index is 0.0913. The standard InChI is InChI=1S/C9H17NO4S/c1-7(2)15(13,14)10-5-3-4-8(10)6-9(11)12/h7-8H,3-6H2,1-2H3,(H,11,12). The van der Waals surface area contributed by atoms with Crippen molar-refractivity contribution >= 4 is 16.0 Å². The molecule has 0 aromatic carbocycles. The second-order valence-corrected chi connectivity index (χ2v) is 6.54. The van der Waals surface area contributed by atoms with Crippen molar-refractivity contribution in [3.05, 3.63) is 0 Å². The molecule has 0 amide bonds. The van der Waals surface area contributed by atoms with Gasteiger partial charge in [0.2, 0.25) is 10.0 Å². The first-order valence-electron chi connectivity index (χ1n) is 5.08. The van der Waals surface area contributed by atoms with E-state index in [1.807, 2.05) is 0 Å². The first-order chi connectivity index (χ1) is 6.85. The molecule has 1 rings (SSSR count). The van der Waals surface area contributed by atoms with Crippen molar-refractivity contribution in [3.63, 3.8) is 0 Å². The number of carbonyl (C=O) groups is 1. The zero-order chi connectivity index (χ0) is 11.6. The first-order valence-corrected chi connectivity index (χ1v) is 6.58. The van der Waals surface area contributed by atoms with Crippen molar-refractivity contribution in [1.29, 1.82) is 0 Å². The molecule has 0 aromatic rings. The molecule has 1 unspecified atom stereocenters. The summed E-state index contributed by atoms with van der Waals surface area (Å²) in [7, 11) is -3.30. The summed E-state index contributed by atoms with van der Waals surface area (Å²) in [5.41, 5.74) is 0. The van der Waals surface area contributed by atoms with Gasteiger partial charge in [-0.25, -0.2) is 8.42 Å². The minimum atomic E-state index is -3.30. The zero-order valence-corrected chi connectivity index (χ0v) is 9.83. The Labute approximate surface area is 90.1 Å². The normalized spacial score (nSPS) is 23.5. The molecule has 0 aromatic heterocycles. The van der Waals surface area contributed by atoms with Crippen LogP contribution in [-0.4, -0.2) is 41.6 Å². The van der Waals surface area contributed by atoms with Crippen molar-refractivity contribution in [2.75, 3.05) is 6.54 Å². The smallest absolute Gasteiger partial charge is 0.304 e. The fraction of sp³-hybridized carbons (Fsp3) is 0.889. The zero-order valence-electron chi connectivity index (χ0n) is 9.01. The molecule has 1 aliphatic rings. The van der Waals surface area contributed by atoms with Crippen LogP contribution in [0.4, 0.5) is 0 Å². The minimum Gasteiger partial charge on any atom is -0.481 e. The maximum Gasteiger partial charge on any atom is 0.304 e. The first kappa shape index (κ1) is 12.4. The number of sulfonamides is 1. The van der Waals surface area contributed by atoms with E-state index in [-0.39, 0.29) is 12.5 Å². The van der Waals surface area contributed by atoms with Crippen LogP contribution >= 0.6 is 0 Å². The van der Waals surface area contributed by atoms with E-state index in [0.717, 1.165) is 6.42 Å². The fourth-order valence-corrected chi connectivity index (χ4v) is 3.34. The van der Waals surface area contributed by atoms with Crippen molar-refractivity contribution in [2.45, 2.75) is 44.4 Å². The highest BCUT2D eigenvalue weighted by Crippen LogP contribution is 2.25. The van der Waals surface area contributed by atoms with Gasteiger partial charge in [-0.15, -0.1) is 0 Å². The Bertz CT molecular complexity index is 336. The average molecular weight is 235 g/mol. The van der Waals surface area contributed by atoms with E-state index in [0.29, 0.717) is 13.0 Å². The number of nitrogens with zero attached hydrogens (tertiary/aromatic N) is 1. The SMILES string of the molecule is CC(C)S(=O)(=O)N1CCCC1CC(=O)O. The van der Waals surface area contributed by atoms with Gasteiger partial charge >= 0.3 is 5.97 Å². The molecule has 1 atom stereocenters. The summed E-state index contributed by atoms with van der Waals surface area (Å²) < 4.78 is 25.1. The molecule has 0 spiro atoms. The lowest BCUT2D eigenvalue weighted by molar-refractivity contribution is -0.137. The van der Waals surface area contributed by atoms with Crippen LogP contribution in [0.1, 0.15) is 33.1 Å². The van der Waals surface area contributed by atoms with Crippen molar-refractivity contribution in [1.82, 2.24) is 4.31 Å². The summed E-state index contributed by atoms with van der Waals surface area (Å²) in [5.74, 6) is -0.939. The number of hydrogen-bond donors (Lipinski definition) is 1. The van der Waals surface area contributed by atoms with Gasteiger partial charge in [-0.1, -0.05) is 0 Å². The monoisotopic (exact) mass is 235 g/mol. The molecule has 1 saturated heterocycles. The number of hydrogen-bond acceptors (Lipinski definition) is 3. The largest absolute Gasteiger partial charge is 0.481 e. The Kier molecular flexibility index (Phi) is 3.72. The second kappa shape index (κ2) is 4.49. The van der Waals surface area contributed by atoms with Crippen LogP contribution in [-0.2, 0) is 14.8 Å². The molecule has 1 heterocycles. The summed E-state index contributed by atoms with van der Waals surface area (Å²) in [6.07, 6.45) is 1.31. The van der Waals surface area contributed by atoms with Gasteiger partial charge in [0.15, 0.2) is 0 Å². The van der Waals surface area contributed by atoms with E-state index in [1.165, 1.54) is 4.31 Å². The molecule has 0 radical (unpaired) electrons. The lowest BCUT2D eigenvalue weighted by Crippen LogP contribution is -2.40. The van der Waals surface area contributed by atoms with Gasteiger partial charge < -0.3 is 5.11 Å². The highest BCUT2D eigenvalue weighted by atomic mass is 32.2. The van der Waals surface area contributed by atoms with E-state index in [9.17, 15) is 13.2 Å². The van der Waals surface area contributed by atoms with E-state index in [2.05, 4.69) is 0 Å². The average Bonchev–Trinajstić information content (AvgIpc) is 2.51. The van der Waals surface area contributed by atoms with Gasteiger partial charge in [-0.05, 0) is 26.7 Å². The topological polar surface area (TPSA) is 74.7 Å². The maximum absolute atomic E-state index is 11.9. The van der Waals surface area contributed by atoms with E-state index < -0.39 is 21.2 Å². The van der Waals surface area contributed by atoms with Crippen molar-refractivity contribution in [3.8, 4) is 0 Å². The third-order valence-electron chi connectivity index (χ3n) is 2.66. The summed E-state index contributed by atoms with van der Waals surface area (Å²) in [6.45, 7) is 3.69. The van der Waals surface area contributed by atoms with Crippen LogP contribution in [0.25, 0.3) is 0 Å². The summed E-state index contributed by atoms with van der Waals surface area (Å²) >= 11 is 0. The Balaban J connectivity index is 2.81. The molecule has 15 heavy (non-hydrogen) atoms. The number of aliphatic carboxylic acids is 1. The molecular weight excluding hydrogens is 218 g/mol. The van der Waals surface area contributed by atoms with Crippen molar-refractivity contribution in [2.24, 2.45) is 0 Å². The number of rotatable bonds is 4. The predicted octanol–water partition coefficient (Wildman–Crippen LogP) is 0.664. The van der Waals surface area contributed by atoms with Gasteiger partial charge in [0.25, 0.3) is 0 Å². The van der Waals surface area contributed by atoms with Gasteiger partial charge in [-0.3, -0.25) is 4.79 Å². The molecule has 1 fully saturated rings. The van der Waals surface area contributed by atoms with Crippen LogP contribution in [0, 0.1) is 0 Å². The number of carboxylic acids is 1. The van der Waals surface area contributed by atoms with Gasteiger partial charge in [0.05, 0.1) is 11.7 Å². The third kappa shape index (κ3) is 2.69. The molecule has 5 nitrogen and oxygen atoms in total. The summed E-state index contributed by atoms with van der Waals surface area (Å²) in [5, 5.41) is 8.19. The Morgan fingerprint density at radius 2 is 2.13 bits per heavy atom. The van der Waals surface area contributed by atoms with Gasteiger partial charge in [0.1, 0.15) is 0 Å². The van der Waals surface area contributed by atoms with Crippen LogP contribution in [0.3, 0.4) is 0 Å². The quantitative estimate of drug-likeness (QED) is 0.777. The molecule has 0 saturated carbocycles. The van der Waals surface area contributed by atoms with Gasteiger partial charge in [0, 0.05) is 12.6 Å². The molecule has 0 aliphatic carbocycles. The Hall–Kier alpha value is -0.620. The maximum atomic E-state index is 11.9. The molecule has 0 bridgehead atoms.